The Labute approximate surface area is 142 Å². The highest BCUT2D eigenvalue weighted by atomic mass is 16.5. The minimum Gasteiger partial charge on any atom is -0.496 e. The SMILES string of the molecule is COc1ccccc1CCNC(=O)N(C)Cc1cccc(C#N)c1. The van der Waals surface area contributed by atoms with Crippen LogP contribution in [-0.2, 0) is 13.0 Å². The number of para-hydroxylation sites is 1. The molecule has 0 saturated carbocycles. The van der Waals surface area contributed by atoms with E-state index in [0.29, 0.717) is 25.1 Å². The Morgan fingerprint density at radius 2 is 2.04 bits per heavy atom. The van der Waals surface area contributed by atoms with Crippen molar-refractivity contribution in [3.63, 3.8) is 0 Å². The zero-order valence-corrected chi connectivity index (χ0v) is 14.0. The van der Waals surface area contributed by atoms with E-state index in [4.69, 9.17) is 10.00 Å². The third-order valence-corrected chi connectivity index (χ3v) is 3.69. The summed E-state index contributed by atoms with van der Waals surface area (Å²) in [5, 5.41) is 11.8. The maximum absolute atomic E-state index is 12.2. The molecule has 0 aliphatic heterocycles. The van der Waals surface area contributed by atoms with Crippen LogP contribution >= 0.6 is 0 Å². The van der Waals surface area contributed by atoms with Gasteiger partial charge in [-0.1, -0.05) is 30.3 Å². The number of carbonyl (C=O) groups excluding carboxylic acids is 1. The summed E-state index contributed by atoms with van der Waals surface area (Å²) >= 11 is 0. The number of hydrogen-bond donors (Lipinski definition) is 1. The van der Waals surface area contributed by atoms with Crippen LogP contribution in [0.1, 0.15) is 16.7 Å². The van der Waals surface area contributed by atoms with Gasteiger partial charge in [-0.2, -0.15) is 5.26 Å². The summed E-state index contributed by atoms with van der Waals surface area (Å²) in [5.41, 5.74) is 2.58. The molecule has 5 heteroatoms. The Bertz CT molecular complexity index is 737. The molecule has 0 fully saturated rings. The second-order valence-electron chi connectivity index (χ2n) is 5.46. The van der Waals surface area contributed by atoms with Gasteiger partial charge in [0.15, 0.2) is 0 Å². The van der Waals surface area contributed by atoms with Gasteiger partial charge in [-0.3, -0.25) is 0 Å². The summed E-state index contributed by atoms with van der Waals surface area (Å²) in [5.74, 6) is 0.827. The molecule has 5 nitrogen and oxygen atoms in total. The van der Waals surface area contributed by atoms with E-state index in [1.807, 2.05) is 36.4 Å². The summed E-state index contributed by atoms with van der Waals surface area (Å²) in [6, 6.07) is 17.0. The molecular formula is C19H21N3O2. The Hall–Kier alpha value is -3.00. The standard InChI is InChI=1S/C19H21N3O2/c1-22(14-16-7-5-6-15(12-16)13-20)19(23)21-11-10-17-8-3-4-9-18(17)24-2/h3-9,12H,10-11,14H2,1-2H3,(H,21,23). The van der Waals surface area contributed by atoms with E-state index in [2.05, 4.69) is 11.4 Å². The third-order valence-electron chi connectivity index (χ3n) is 3.69. The molecule has 124 valence electrons. The molecule has 0 bridgehead atoms. The number of nitriles is 1. The first-order chi connectivity index (χ1) is 11.6. The fourth-order valence-electron chi connectivity index (χ4n) is 2.43. The highest BCUT2D eigenvalue weighted by molar-refractivity contribution is 5.73. The van der Waals surface area contributed by atoms with Crippen LogP contribution < -0.4 is 10.1 Å². The van der Waals surface area contributed by atoms with Gasteiger partial charge in [0.05, 0.1) is 18.7 Å². The van der Waals surface area contributed by atoms with Crippen LogP contribution in [0, 0.1) is 11.3 Å². The van der Waals surface area contributed by atoms with Crippen LogP contribution in [0.5, 0.6) is 5.75 Å². The van der Waals surface area contributed by atoms with Crippen LogP contribution in [0.2, 0.25) is 0 Å². The predicted octanol–water partition coefficient (Wildman–Crippen LogP) is 2.95. The molecule has 0 unspecified atom stereocenters. The second kappa shape index (κ2) is 8.59. The number of amides is 2. The summed E-state index contributed by atoms with van der Waals surface area (Å²) in [6.07, 6.45) is 0.702. The van der Waals surface area contributed by atoms with Crippen molar-refractivity contribution in [3.05, 3.63) is 65.2 Å². The zero-order valence-electron chi connectivity index (χ0n) is 14.0. The first-order valence-corrected chi connectivity index (χ1v) is 7.74. The van der Waals surface area contributed by atoms with Crippen LogP contribution in [0.4, 0.5) is 4.79 Å². The van der Waals surface area contributed by atoms with E-state index in [1.165, 1.54) is 0 Å². The number of methoxy groups -OCH3 is 1. The number of nitrogens with zero attached hydrogens (tertiary/aromatic N) is 2. The lowest BCUT2D eigenvalue weighted by Crippen LogP contribution is -2.37. The van der Waals surface area contributed by atoms with Crippen molar-refractivity contribution < 1.29 is 9.53 Å². The minimum absolute atomic E-state index is 0.146. The van der Waals surface area contributed by atoms with Gasteiger partial charge in [0.2, 0.25) is 0 Å². The zero-order chi connectivity index (χ0) is 17.4. The third kappa shape index (κ3) is 4.75. The molecule has 0 saturated heterocycles. The van der Waals surface area contributed by atoms with Crippen molar-refractivity contribution in [3.8, 4) is 11.8 Å². The number of ether oxygens (including phenoxy) is 1. The summed E-state index contributed by atoms with van der Waals surface area (Å²) in [7, 11) is 3.37. The molecule has 0 atom stereocenters. The number of carbonyl (C=O) groups is 1. The Kier molecular flexibility index (Phi) is 6.21. The van der Waals surface area contributed by atoms with Crippen LogP contribution in [0.15, 0.2) is 48.5 Å². The summed E-state index contributed by atoms with van der Waals surface area (Å²) in [4.78, 5) is 13.8. The minimum atomic E-state index is -0.146. The smallest absolute Gasteiger partial charge is 0.317 e. The average molecular weight is 323 g/mol. The van der Waals surface area contributed by atoms with Crippen molar-refractivity contribution >= 4 is 6.03 Å². The van der Waals surface area contributed by atoms with E-state index in [-0.39, 0.29) is 6.03 Å². The largest absolute Gasteiger partial charge is 0.496 e. The molecule has 2 rings (SSSR count). The van der Waals surface area contributed by atoms with Crippen LogP contribution in [0.25, 0.3) is 0 Å². The van der Waals surface area contributed by atoms with E-state index in [1.54, 1.807) is 31.2 Å². The fraction of sp³-hybridized carbons (Fsp3) is 0.263. The van der Waals surface area contributed by atoms with Gasteiger partial charge >= 0.3 is 6.03 Å². The molecule has 0 aromatic heterocycles. The van der Waals surface area contributed by atoms with Crippen molar-refractivity contribution in [2.45, 2.75) is 13.0 Å². The predicted molar refractivity (Wildman–Crippen MR) is 92.7 cm³/mol. The lowest BCUT2D eigenvalue weighted by molar-refractivity contribution is 0.207. The topological polar surface area (TPSA) is 65.4 Å². The van der Waals surface area contributed by atoms with Crippen LogP contribution in [0.3, 0.4) is 0 Å². The van der Waals surface area contributed by atoms with Crippen LogP contribution in [-0.4, -0.2) is 31.6 Å². The lowest BCUT2D eigenvalue weighted by atomic mass is 10.1. The second-order valence-corrected chi connectivity index (χ2v) is 5.46. The van der Waals surface area contributed by atoms with Gasteiger partial charge in [-0.15, -0.1) is 0 Å². The van der Waals surface area contributed by atoms with E-state index < -0.39 is 0 Å². The Morgan fingerprint density at radius 1 is 1.25 bits per heavy atom. The normalized spacial score (nSPS) is 9.88. The van der Waals surface area contributed by atoms with Gasteiger partial charge < -0.3 is 15.0 Å². The van der Waals surface area contributed by atoms with E-state index in [9.17, 15) is 4.79 Å². The Morgan fingerprint density at radius 3 is 2.79 bits per heavy atom. The van der Waals surface area contributed by atoms with Gasteiger partial charge in [0, 0.05) is 20.1 Å². The highest BCUT2D eigenvalue weighted by Gasteiger charge is 2.09. The number of hydrogen-bond acceptors (Lipinski definition) is 3. The van der Waals surface area contributed by atoms with Crippen molar-refractivity contribution in [2.75, 3.05) is 20.7 Å². The molecule has 24 heavy (non-hydrogen) atoms. The molecule has 2 aromatic carbocycles. The van der Waals surface area contributed by atoms with Gasteiger partial charge in [-0.25, -0.2) is 4.79 Å². The molecule has 0 radical (unpaired) electrons. The highest BCUT2D eigenvalue weighted by Crippen LogP contribution is 2.17. The first-order valence-electron chi connectivity index (χ1n) is 7.74. The molecule has 0 spiro atoms. The number of benzene rings is 2. The quantitative estimate of drug-likeness (QED) is 0.889. The van der Waals surface area contributed by atoms with Gasteiger partial charge in [0.1, 0.15) is 5.75 Å². The maximum Gasteiger partial charge on any atom is 0.317 e. The van der Waals surface area contributed by atoms with E-state index in [0.717, 1.165) is 16.9 Å². The number of urea groups is 1. The molecular weight excluding hydrogens is 302 g/mol. The Balaban J connectivity index is 1.84. The summed E-state index contributed by atoms with van der Waals surface area (Å²) in [6.45, 7) is 0.984. The molecule has 0 aliphatic carbocycles. The van der Waals surface area contributed by atoms with Crippen molar-refractivity contribution in [1.82, 2.24) is 10.2 Å². The molecule has 2 aromatic rings. The molecule has 0 aliphatic rings. The molecule has 1 N–H and O–H groups in total. The molecule has 0 heterocycles. The molecule has 2 amide bonds. The monoisotopic (exact) mass is 323 g/mol. The van der Waals surface area contributed by atoms with Gasteiger partial charge in [0.25, 0.3) is 0 Å². The lowest BCUT2D eigenvalue weighted by Gasteiger charge is -2.18. The number of rotatable bonds is 6. The summed E-state index contributed by atoms with van der Waals surface area (Å²) < 4.78 is 5.30. The van der Waals surface area contributed by atoms with Crippen molar-refractivity contribution in [1.29, 1.82) is 5.26 Å². The average Bonchev–Trinajstić information content (AvgIpc) is 2.62. The fourth-order valence-corrected chi connectivity index (χ4v) is 2.43. The van der Waals surface area contributed by atoms with Gasteiger partial charge in [-0.05, 0) is 35.7 Å². The maximum atomic E-state index is 12.2. The number of nitrogens with one attached hydrogen (secondary N) is 1. The van der Waals surface area contributed by atoms with E-state index >= 15 is 0 Å². The first kappa shape index (κ1) is 17.4. The van der Waals surface area contributed by atoms with Crippen molar-refractivity contribution in [2.24, 2.45) is 0 Å².